The second-order valence-corrected chi connectivity index (χ2v) is 6.53. The van der Waals surface area contributed by atoms with Gasteiger partial charge in [-0.15, -0.1) is 0 Å². The van der Waals surface area contributed by atoms with Crippen molar-refractivity contribution in [2.75, 3.05) is 6.54 Å². The van der Waals surface area contributed by atoms with Gasteiger partial charge in [-0.2, -0.15) is 0 Å². The first kappa shape index (κ1) is 14.3. The first-order valence-electron chi connectivity index (χ1n) is 7.91. The highest BCUT2D eigenvalue weighted by atomic mass is 16.2. The molecule has 0 aromatic heterocycles. The Bertz CT molecular complexity index is 549. The Morgan fingerprint density at radius 2 is 1.95 bits per heavy atom. The number of aryl methyl sites for hydroxylation is 1. The molecule has 1 aliphatic heterocycles. The van der Waals surface area contributed by atoms with Gasteiger partial charge in [-0.25, -0.2) is 0 Å². The van der Waals surface area contributed by atoms with Gasteiger partial charge in [0.25, 0.3) is 0 Å². The second kappa shape index (κ2) is 5.63. The van der Waals surface area contributed by atoms with Crippen molar-refractivity contribution in [2.45, 2.75) is 45.6 Å². The number of carbonyl (C=O) groups is 2. The Morgan fingerprint density at radius 3 is 2.62 bits per heavy atom. The molecule has 0 spiro atoms. The maximum atomic E-state index is 12.4. The number of benzene rings is 1. The van der Waals surface area contributed by atoms with Crippen molar-refractivity contribution < 1.29 is 9.59 Å². The van der Waals surface area contributed by atoms with Crippen molar-refractivity contribution in [2.24, 2.45) is 11.8 Å². The van der Waals surface area contributed by atoms with E-state index in [1.165, 1.54) is 11.1 Å². The first-order chi connectivity index (χ1) is 10.1. The van der Waals surface area contributed by atoms with Crippen LogP contribution in [0.15, 0.2) is 24.3 Å². The highest BCUT2D eigenvalue weighted by molar-refractivity contribution is 5.83. The van der Waals surface area contributed by atoms with Crippen LogP contribution >= 0.6 is 0 Å². The molecular weight excluding hydrogens is 262 g/mol. The number of nitrogens with zero attached hydrogens (tertiary/aromatic N) is 1. The lowest BCUT2D eigenvalue weighted by molar-refractivity contribution is -0.134. The molecule has 0 radical (unpaired) electrons. The standard InChI is InChI=1S/C18H23NO2/c1-12-3-5-14(6-4-12)11-16-15-9-10-19(13(2)20)17(15)7-8-18(16)21/h3-6,15-17H,7-11H2,1-2H3/t15-,16+,17+/m0/s1. The second-order valence-electron chi connectivity index (χ2n) is 6.53. The predicted molar refractivity (Wildman–Crippen MR) is 81.9 cm³/mol. The highest BCUT2D eigenvalue weighted by Crippen LogP contribution is 2.40. The summed E-state index contributed by atoms with van der Waals surface area (Å²) in [4.78, 5) is 26.1. The van der Waals surface area contributed by atoms with Crippen molar-refractivity contribution in [3.05, 3.63) is 35.4 Å². The summed E-state index contributed by atoms with van der Waals surface area (Å²) in [5.74, 6) is 1.00. The zero-order valence-corrected chi connectivity index (χ0v) is 12.8. The normalized spacial score (nSPS) is 28.6. The fourth-order valence-electron chi connectivity index (χ4n) is 4.07. The summed E-state index contributed by atoms with van der Waals surface area (Å²) in [7, 11) is 0. The summed E-state index contributed by atoms with van der Waals surface area (Å²) in [6, 6.07) is 8.76. The molecule has 1 saturated heterocycles. The monoisotopic (exact) mass is 285 g/mol. The molecule has 0 bridgehead atoms. The minimum absolute atomic E-state index is 0.0933. The van der Waals surface area contributed by atoms with E-state index in [-0.39, 0.29) is 17.9 Å². The van der Waals surface area contributed by atoms with Crippen LogP contribution in [0, 0.1) is 18.8 Å². The van der Waals surface area contributed by atoms with E-state index in [1.807, 2.05) is 4.90 Å². The van der Waals surface area contributed by atoms with Gasteiger partial charge in [-0.05, 0) is 37.7 Å². The van der Waals surface area contributed by atoms with E-state index < -0.39 is 0 Å². The lowest BCUT2D eigenvalue weighted by Gasteiger charge is -2.36. The minimum Gasteiger partial charge on any atom is -0.340 e. The van der Waals surface area contributed by atoms with Gasteiger partial charge >= 0.3 is 0 Å². The molecule has 2 fully saturated rings. The van der Waals surface area contributed by atoms with Gasteiger partial charge in [-0.3, -0.25) is 9.59 Å². The Hall–Kier alpha value is -1.64. The quantitative estimate of drug-likeness (QED) is 0.838. The zero-order valence-electron chi connectivity index (χ0n) is 12.8. The number of amides is 1. The van der Waals surface area contributed by atoms with E-state index >= 15 is 0 Å². The highest BCUT2D eigenvalue weighted by Gasteiger charge is 2.45. The van der Waals surface area contributed by atoms with Gasteiger partial charge in [0.1, 0.15) is 5.78 Å². The first-order valence-corrected chi connectivity index (χ1v) is 7.91. The average Bonchev–Trinajstić information content (AvgIpc) is 2.88. The number of likely N-dealkylation sites (tertiary alicyclic amines) is 1. The number of carbonyl (C=O) groups excluding carboxylic acids is 2. The molecule has 2 aliphatic rings. The van der Waals surface area contributed by atoms with Crippen molar-refractivity contribution in [1.82, 2.24) is 4.90 Å². The average molecular weight is 285 g/mol. The van der Waals surface area contributed by atoms with Crippen LogP contribution < -0.4 is 0 Å². The molecule has 1 aromatic rings. The van der Waals surface area contributed by atoms with Crippen molar-refractivity contribution in [1.29, 1.82) is 0 Å². The Kier molecular flexibility index (Phi) is 3.83. The number of Topliss-reactive ketones (excluding diaryl/α,β-unsaturated/α-hetero) is 1. The number of hydrogen-bond donors (Lipinski definition) is 0. The van der Waals surface area contributed by atoms with Crippen LogP contribution in [0.2, 0.25) is 0 Å². The van der Waals surface area contributed by atoms with Gasteiger partial charge < -0.3 is 4.90 Å². The van der Waals surface area contributed by atoms with Gasteiger partial charge in [0, 0.05) is 31.8 Å². The number of ketones is 1. The van der Waals surface area contributed by atoms with Gasteiger partial charge in [0.15, 0.2) is 0 Å². The van der Waals surface area contributed by atoms with Gasteiger partial charge in [-0.1, -0.05) is 29.8 Å². The minimum atomic E-state index is 0.0933. The molecule has 1 aromatic carbocycles. The molecule has 1 aliphatic carbocycles. The van der Waals surface area contributed by atoms with E-state index in [0.29, 0.717) is 18.1 Å². The smallest absolute Gasteiger partial charge is 0.219 e. The maximum absolute atomic E-state index is 12.4. The summed E-state index contributed by atoms with van der Waals surface area (Å²) in [6.45, 7) is 4.55. The zero-order chi connectivity index (χ0) is 15.0. The summed E-state index contributed by atoms with van der Waals surface area (Å²) in [5, 5.41) is 0. The van der Waals surface area contributed by atoms with Crippen molar-refractivity contribution in [3.8, 4) is 0 Å². The van der Waals surface area contributed by atoms with Gasteiger partial charge in [0.2, 0.25) is 5.91 Å². The molecule has 21 heavy (non-hydrogen) atoms. The lowest BCUT2D eigenvalue weighted by atomic mass is 9.72. The van der Waals surface area contributed by atoms with Crippen LogP contribution in [0.3, 0.4) is 0 Å². The molecule has 1 amide bonds. The summed E-state index contributed by atoms with van der Waals surface area (Å²) < 4.78 is 0. The number of rotatable bonds is 2. The van der Waals surface area contributed by atoms with Crippen LogP contribution in [0.25, 0.3) is 0 Å². The van der Waals surface area contributed by atoms with Crippen LogP contribution in [-0.2, 0) is 16.0 Å². The molecule has 3 nitrogen and oxygen atoms in total. The van der Waals surface area contributed by atoms with Crippen LogP contribution in [0.1, 0.15) is 37.3 Å². The Balaban J connectivity index is 1.78. The molecule has 112 valence electrons. The number of hydrogen-bond acceptors (Lipinski definition) is 2. The molecule has 0 unspecified atom stereocenters. The fraction of sp³-hybridized carbons (Fsp3) is 0.556. The van der Waals surface area contributed by atoms with Crippen molar-refractivity contribution >= 4 is 11.7 Å². The topological polar surface area (TPSA) is 37.4 Å². The van der Waals surface area contributed by atoms with E-state index in [1.54, 1.807) is 6.92 Å². The summed E-state index contributed by atoms with van der Waals surface area (Å²) >= 11 is 0. The molecule has 3 rings (SSSR count). The fourth-order valence-corrected chi connectivity index (χ4v) is 4.07. The molecule has 0 N–H and O–H groups in total. The van der Waals surface area contributed by atoms with E-state index in [0.717, 1.165) is 25.8 Å². The summed E-state index contributed by atoms with van der Waals surface area (Å²) in [5.41, 5.74) is 2.48. The Morgan fingerprint density at radius 1 is 1.24 bits per heavy atom. The SMILES string of the molecule is CC(=O)N1CC[C@@H]2[C@H]1CCC(=O)[C@@H]2Cc1ccc(C)cc1. The molecule has 3 atom stereocenters. The van der Waals surface area contributed by atoms with Gasteiger partial charge in [0.05, 0.1) is 0 Å². The van der Waals surface area contributed by atoms with Crippen LogP contribution in [0.4, 0.5) is 0 Å². The Labute approximate surface area is 126 Å². The molecule has 3 heteroatoms. The predicted octanol–water partition coefficient (Wildman–Crippen LogP) is 2.75. The third kappa shape index (κ3) is 2.74. The van der Waals surface area contributed by atoms with Crippen LogP contribution in [-0.4, -0.2) is 29.2 Å². The lowest BCUT2D eigenvalue weighted by Crippen LogP contribution is -2.44. The molecule has 1 heterocycles. The maximum Gasteiger partial charge on any atom is 0.219 e. The number of fused-ring (bicyclic) bond motifs is 1. The van der Waals surface area contributed by atoms with E-state index in [2.05, 4.69) is 31.2 Å². The van der Waals surface area contributed by atoms with Crippen molar-refractivity contribution in [3.63, 3.8) is 0 Å². The third-order valence-electron chi connectivity index (χ3n) is 5.20. The molecule has 1 saturated carbocycles. The van der Waals surface area contributed by atoms with E-state index in [4.69, 9.17) is 0 Å². The van der Waals surface area contributed by atoms with Crippen LogP contribution in [0.5, 0.6) is 0 Å². The van der Waals surface area contributed by atoms with E-state index in [9.17, 15) is 9.59 Å². The third-order valence-corrected chi connectivity index (χ3v) is 5.20. The largest absolute Gasteiger partial charge is 0.340 e. The molecular formula is C18H23NO2. The summed E-state index contributed by atoms with van der Waals surface area (Å²) in [6.07, 6.45) is 3.29.